The number of aromatic amines is 1. The SMILES string of the molecule is NC1CCN(C(=O)Cn2c(=O)[nH]c3ccccc3c2=O)CC1. The first kappa shape index (κ1) is 14.5. The topological polar surface area (TPSA) is 101 Å². The first-order chi connectivity index (χ1) is 10.6. The average molecular weight is 302 g/mol. The predicted octanol–water partition coefficient (Wildman–Crippen LogP) is -0.361. The van der Waals surface area contributed by atoms with Crippen LogP contribution in [-0.2, 0) is 11.3 Å². The van der Waals surface area contributed by atoms with Crippen LogP contribution in [0.2, 0.25) is 0 Å². The number of aromatic nitrogens is 2. The number of carbonyl (C=O) groups is 1. The van der Waals surface area contributed by atoms with Crippen molar-refractivity contribution < 1.29 is 4.79 Å². The summed E-state index contributed by atoms with van der Waals surface area (Å²) in [5.74, 6) is -0.227. The van der Waals surface area contributed by atoms with E-state index in [1.165, 1.54) is 0 Å². The molecule has 1 aromatic heterocycles. The largest absolute Gasteiger partial charge is 0.341 e. The van der Waals surface area contributed by atoms with Crippen molar-refractivity contribution in [2.45, 2.75) is 25.4 Å². The molecule has 2 aromatic rings. The Morgan fingerprint density at radius 2 is 1.91 bits per heavy atom. The number of rotatable bonds is 2. The van der Waals surface area contributed by atoms with Crippen LogP contribution in [0.3, 0.4) is 0 Å². The van der Waals surface area contributed by atoms with Gasteiger partial charge in [0.1, 0.15) is 6.54 Å². The molecule has 0 spiro atoms. The fourth-order valence-corrected chi connectivity index (χ4v) is 2.73. The molecule has 7 nitrogen and oxygen atoms in total. The monoisotopic (exact) mass is 302 g/mol. The number of fused-ring (bicyclic) bond motifs is 1. The average Bonchev–Trinajstić information content (AvgIpc) is 2.52. The standard InChI is InChI=1S/C15H18N4O3/c16-10-5-7-18(8-6-10)13(20)9-19-14(21)11-3-1-2-4-12(11)17-15(19)22/h1-4,10H,5-9,16H2,(H,17,22). The van der Waals surface area contributed by atoms with E-state index in [0.29, 0.717) is 24.0 Å². The van der Waals surface area contributed by atoms with Crippen molar-refractivity contribution in [1.82, 2.24) is 14.5 Å². The molecule has 0 saturated carbocycles. The lowest BCUT2D eigenvalue weighted by Crippen LogP contribution is -2.47. The Bertz CT molecular complexity index is 815. The van der Waals surface area contributed by atoms with Crippen LogP contribution in [0.5, 0.6) is 0 Å². The molecule has 0 radical (unpaired) electrons. The van der Waals surface area contributed by atoms with Crippen LogP contribution in [0.25, 0.3) is 10.9 Å². The zero-order valence-corrected chi connectivity index (χ0v) is 12.1. The summed E-state index contributed by atoms with van der Waals surface area (Å²) in [5, 5.41) is 0.399. The van der Waals surface area contributed by atoms with Crippen molar-refractivity contribution in [3.05, 3.63) is 45.1 Å². The molecule has 1 fully saturated rings. The third-order valence-electron chi connectivity index (χ3n) is 4.08. The van der Waals surface area contributed by atoms with Gasteiger partial charge in [0.2, 0.25) is 5.91 Å². The van der Waals surface area contributed by atoms with Gasteiger partial charge >= 0.3 is 5.69 Å². The van der Waals surface area contributed by atoms with E-state index in [1.54, 1.807) is 29.2 Å². The maximum atomic E-state index is 12.4. The minimum atomic E-state index is -0.564. The molecule has 1 aliphatic heterocycles. The lowest BCUT2D eigenvalue weighted by atomic mass is 10.1. The Morgan fingerprint density at radius 3 is 2.64 bits per heavy atom. The van der Waals surface area contributed by atoms with Gasteiger partial charge in [0.25, 0.3) is 5.56 Å². The molecular weight excluding hydrogens is 284 g/mol. The van der Waals surface area contributed by atoms with Crippen LogP contribution in [0, 0.1) is 0 Å². The quantitative estimate of drug-likeness (QED) is 0.791. The minimum absolute atomic E-state index is 0.121. The molecule has 0 aliphatic carbocycles. The number of para-hydroxylation sites is 1. The molecule has 1 aliphatic rings. The number of H-pyrrole nitrogens is 1. The lowest BCUT2D eigenvalue weighted by Gasteiger charge is -2.30. The van der Waals surface area contributed by atoms with E-state index >= 15 is 0 Å². The van der Waals surface area contributed by atoms with Gasteiger partial charge in [-0.05, 0) is 25.0 Å². The number of carbonyl (C=O) groups excluding carboxylic acids is 1. The highest BCUT2D eigenvalue weighted by Gasteiger charge is 2.21. The van der Waals surface area contributed by atoms with Crippen LogP contribution in [0.1, 0.15) is 12.8 Å². The van der Waals surface area contributed by atoms with Gasteiger partial charge < -0.3 is 15.6 Å². The summed E-state index contributed by atoms with van der Waals surface area (Å²) >= 11 is 0. The summed E-state index contributed by atoms with van der Waals surface area (Å²) < 4.78 is 0.958. The second kappa shape index (κ2) is 5.76. The van der Waals surface area contributed by atoms with Crippen LogP contribution in [-0.4, -0.2) is 39.5 Å². The maximum absolute atomic E-state index is 12.4. The summed E-state index contributed by atoms with van der Waals surface area (Å²) in [6.45, 7) is 0.898. The summed E-state index contributed by atoms with van der Waals surface area (Å²) in [6, 6.07) is 6.88. The van der Waals surface area contributed by atoms with Crippen LogP contribution in [0.15, 0.2) is 33.9 Å². The van der Waals surface area contributed by atoms with Crippen molar-refractivity contribution in [1.29, 1.82) is 0 Å². The molecule has 1 aromatic carbocycles. The first-order valence-corrected chi connectivity index (χ1v) is 7.31. The van der Waals surface area contributed by atoms with Gasteiger partial charge in [-0.1, -0.05) is 12.1 Å². The fourth-order valence-electron chi connectivity index (χ4n) is 2.73. The normalized spacial score (nSPS) is 16.1. The van der Waals surface area contributed by atoms with Crippen molar-refractivity contribution >= 4 is 16.8 Å². The van der Waals surface area contributed by atoms with E-state index in [4.69, 9.17) is 5.73 Å². The first-order valence-electron chi connectivity index (χ1n) is 7.31. The van der Waals surface area contributed by atoms with E-state index in [-0.39, 0.29) is 18.5 Å². The summed E-state index contributed by atoms with van der Waals surface area (Å²) in [7, 11) is 0. The number of nitrogens with two attached hydrogens (primary N) is 1. The van der Waals surface area contributed by atoms with E-state index < -0.39 is 11.2 Å². The van der Waals surface area contributed by atoms with Crippen molar-refractivity contribution in [2.24, 2.45) is 5.73 Å². The third-order valence-corrected chi connectivity index (χ3v) is 4.08. The molecule has 116 valence electrons. The molecule has 0 unspecified atom stereocenters. The Hall–Kier alpha value is -2.41. The van der Waals surface area contributed by atoms with Gasteiger partial charge in [0.05, 0.1) is 10.9 Å². The highest BCUT2D eigenvalue weighted by Crippen LogP contribution is 2.09. The third kappa shape index (κ3) is 2.67. The second-order valence-corrected chi connectivity index (χ2v) is 5.59. The molecule has 7 heteroatoms. The summed E-state index contributed by atoms with van der Waals surface area (Å²) in [4.78, 5) is 41.0. The van der Waals surface area contributed by atoms with Gasteiger partial charge in [-0.25, -0.2) is 4.79 Å². The number of nitrogens with one attached hydrogen (secondary N) is 1. The van der Waals surface area contributed by atoms with Gasteiger partial charge in [0, 0.05) is 19.1 Å². The highest BCUT2D eigenvalue weighted by molar-refractivity contribution is 5.79. The molecule has 3 N–H and O–H groups in total. The second-order valence-electron chi connectivity index (χ2n) is 5.59. The van der Waals surface area contributed by atoms with Crippen LogP contribution < -0.4 is 17.0 Å². The van der Waals surface area contributed by atoms with Gasteiger partial charge in [-0.2, -0.15) is 0 Å². The Balaban J connectivity index is 1.89. The molecule has 3 rings (SSSR count). The van der Waals surface area contributed by atoms with Gasteiger partial charge in [-0.3, -0.25) is 14.2 Å². The predicted molar refractivity (Wildman–Crippen MR) is 82.6 cm³/mol. The van der Waals surface area contributed by atoms with E-state index in [0.717, 1.165) is 17.4 Å². The van der Waals surface area contributed by atoms with Crippen molar-refractivity contribution in [3.8, 4) is 0 Å². The van der Waals surface area contributed by atoms with E-state index in [9.17, 15) is 14.4 Å². The van der Waals surface area contributed by atoms with Gasteiger partial charge in [0.15, 0.2) is 0 Å². The zero-order valence-electron chi connectivity index (χ0n) is 12.1. The van der Waals surface area contributed by atoms with E-state index in [2.05, 4.69) is 4.98 Å². The Labute approximate surface area is 126 Å². The fraction of sp³-hybridized carbons (Fsp3) is 0.400. The Kier molecular flexibility index (Phi) is 3.81. The number of piperidine rings is 1. The van der Waals surface area contributed by atoms with Crippen molar-refractivity contribution in [2.75, 3.05) is 13.1 Å². The maximum Gasteiger partial charge on any atom is 0.329 e. The zero-order chi connectivity index (χ0) is 15.7. The molecule has 1 saturated heterocycles. The molecule has 1 amide bonds. The van der Waals surface area contributed by atoms with Crippen LogP contribution in [0.4, 0.5) is 0 Å². The lowest BCUT2D eigenvalue weighted by molar-refractivity contribution is -0.132. The smallest absolute Gasteiger partial charge is 0.329 e. The van der Waals surface area contributed by atoms with Gasteiger partial charge in [-0.15, -0.1) is 0 Å². The molecular formula is C15H18N4O3. The molecule has 22 heavy (non-hydrogen) atoms. The molecule has 0 atom stereocenters. The summed E-state index contributed by atoms with van der Waals surface area (Å²) in [5.41, 5.74) is 5.28. The highest BCUT2D eigenvalue weighted by atomic mass is 16.2. The molecule has 2 heterocycles. The van der Waals surface area contributed by atoms with E-state index in [1.807, 2.05) is 0 Å². The van der Waals surface area contributed by atoms with Crippen LogP contribution >= 0.6 is 0 Å². The van der Waals surface area contributed by atoms with Crippen molar-refractivity contribution in [3.63, 3.8) is 0 Å². The number of nitrogens with zero attached hydrogens (tertiary/aromatic N) is 2. The Morgan fingerprint density at radius 1 is 1.23 bits per heavy atom. The minimum Gasteiger partial charge on any atom is -0.341 e. The number of benzene rings is 1. The number of hydrogen-bond donors (Lipinski definition) is 2. The summed E-state index contributed by atoms with van der Waals surface area (Å²) in [6.07, 6.45) is 1.49. The number of amides is 1. The number of hydrogen-bond acceptors (Lipinski definition) is 4. The number of likely N-dealkylation sites (tertiary alicyclic amines) is 1. The molecule has 0 bridgehead atoms.